The van der Waals surface area contributed by atoms with Crippen LogP contribution in [0.1, 0.15) is 20.4 Å². The summed E-state index contributed by atoms with van der Waals surface area (Å²) in [5.41, 5.74) is 2.46. The molecule has 1 aliphatic heterocycles. The van der Waals surface area contributed by atoms with E-state index in [-0.39, 0.29) is 40.8 Å². The van der Waals surface area contributed by atoms with Gasteiger partial charge in [-0.2, -0.15) is 0 Å². The van der Waals surface area contributed by atoms with E-state index >= 15 is 0 Å². The maximum atomic E-state index is 12.2. The molecule has 4 rings (SSSR count). The Morgan fingerprint density at radius 1 is 1.05 bits per heavy atom. The van der Waals surface area contributed by atoms with Crippen molar-refractivity contribution >= 4 is 40.6 Å². The second-order valence-corrected chi connectivity index (χ2v) is 8.30. The molecule has 3 aromatic rings. The Hall–Kier alpha value is -1.58. The van der Waals surface area contributed by atoms with E-state index in [1.165, 1.54) is 0 Å². The fraction of sp³-hybridized carbons (Fsp3) is 0. The van der Waals surface area contributed by atoms with Gasteiger partial charge >= 0.3 is 126 Å². The monoisotopic (exact) mass is 396 g/mol. The molecule has 0 saturated heterocycles. The molecular weight excluding hydrogens is 386 g/mol. The van der Waals surface area contributed by atoms with Crippen molar-refractivity contribution in [2.75, 3.05) is 0 Å². The van der Waals surface area contributed by atoms with Crippen LogP contribution in [0.5, 0.6) is 5.88 Å². The first kappa shape index (κ1) is 12.2. The molecule has 0 atom stereocenters. The molecular formula is C14H8N2O2Se2. The van der Waals surface area contributed by atoms with Gasteiger partial charge in [0.1, 0.15) is 0 Å². The number of fused-ring (bicyclic) bond motifs is 1. The minimum absolute atomic E-state index is 0.0480. The third-order valence-corrected chi connectivity index (χ3v) is 6.87. The number of amides is 1. The predicted octanol–water partition coefficient (Wildman–Crippen LogP) is 1.49. The summed E-state index contributed by atoms with van der Waals surface area (Å²) in [6.07, 6.45) is 0. The van der Waals surface area contributed by atoms with Crippen LogP contribution in [0.3, 0.4) is 0 Å². The zero-order valence-electron chi connectivity index (χ0n) is 10.1. The van der Waals surface area contributed by atoms with E-state index in [0.717, 1.165) is 14.6 Å². The molecule has 6 heteroatoms. The molecule has 0 aliphatic carbocycles. The number of hydrogen-bond acceptors (Lipinski definition) is 2. The van der Waals surface area contributed by atoms with Crippen LogP contribution in [0.4, 0.5) is 0 Å². The van der Waals surface area contributed by atoms with Gasteiger partial charge in [-0.05, 0) is 0 Å². The molecule has 0 spiro atoms. The summed E-state index contributed by atoms with van der Waals surface area (Å²) in [4.78, 5) is 23.5. The fourth-order valence-corrected chi connectivity index (χ4v) is 5.39. The molecule has 0 radical (unpaired) electrons. The van der Waals surface area contributed by atoms with Crippen LogP contribution in [0.2, 0.25) is 0 Å². The second-order valence-electron chi connectivity index (χ2n) is 4.32. The number of aromatic hydroxyl groups is 1. The van der Waals surface area contributed by atoms with Crippen molar-refractivity contribution in [2.24, 2.45) is 4.99 Å². The van der Waals surface area contributed by atoms with Crippen LogP contribution in [0, 0.1) is 0 Å². The van der Waals surface area contributed by atoms with Crippen LogP contribution < -0.4 is 0 Å². The Morgan fingerprint density at radius 2 is 1.75 bits per heavy atom. The third-order valence-electron chi connectivity index (χ3n) is 3.17. The van der Waals surface area contributed by atoms with Gasteiger partial charge < -0.3 is 0 Å². The number of hydrogen-bond donors (Lipinski definition) is 2. The first-order valence-corrected chi connectivity index (χ1v) is 9.61. The summed E-state index contributed by atoms with van der Waals surface area (Å²) in [5, 5.41) is 10.2. The van der Waals surface area contributed by atoms with Gasteiger partial charge in [0.2, 0.25) is 0 Å². The molecule has 20 heavy (non-hydrogen) atoms. The van der Waals surface area contributed by atoms with Gasteiger partial charge in [0.25, 0.3) is 0 Å². The Balaban J connectivity index is 1.95. The molecule has 1 aliphatic rings. The van der Waals surface area contributed by atoms with E-state index in [1.807, 2.05) is 24.3 Å². The van der Waals surface area contributed by atoms with Crippen molar-refractivity contribution in [3.05, 3.63) is 49.7 Å². The third kappa shape index (κ3) is 1.67. The summed E-state index contributed by atoms with van der Waals surface area (Å²) in [7, 11) is 0. The van der Waals surface area contributed by atoms with Crippen molar-refractivity contribution in [1.29, 1.82) is 0 Å². The number of carbonyl (C=O) groups excluding carboxylic acids is 1. The number of nitrogens with zero attached hydrogens (tertiary/aromatic N) is 1. The normalized spacial score (nSPS) is 13.6. The SMILES string of the molecule is O=C1N=C(c2ccc[se]2)c2c(O)[nH]c(-c3ccc[se]3)c21. The molecule has 0 saturated carbocycles. The Kier molecular flexibility index (Phi) is 2.72. The second kappa shape index (κ2) is 4.47. The van der Waals surface area contributed by atoms with Crippen molar-refractivity contribution in [3.8, 4) is 16.0 Å². The molecule has 0 aromatic carbocycles. The van der Waals surface area contributed by atoms with E-state index in [4.69, 9.17) is 0 Å². The van der Waals surface area contributed by atoms with Gasteiger partial charge in [0.05, 0.1) is 0 Å². The quantitative estimate of drug-likeness (QED) is 0.648. The molecule has 2 N–H and O–H groups in total. The van der Waals surface area contributed by atoms with Gasteiger partial charge in [0.15, 0.2) is 0 Å². The Labute approximate surface area is 126 Å². The van der Waals surface area contributed by atoms with E-state index in [0.29, 0.717) is 16.8 Å². The molecule has 0 fully saturated rings. The summed E-state index contributed by atoms with van der Waals surface area (Å²) >= 11 is 0.384. The van der Waals surface area contributed by atoms with Crippen LogP contribution in [-0.2, 0) is 0 Å². The molecule has 4 nitrogen and oxygen atoms in total. The Bertz CT molecular complexity index is 827. The summed E-state index contributed by atoms with van der Waals surface area (Å²) in [6, 6.07) is 7.90. The first-order valence-electron chi connectivity index (χ1n) is 5.92. The van der Waals surface area contributed by atoms with Gasteiger partial charge in [-0.3, -0.25) is 0 Å². The van der Waals surface area contributed by atoms with Gasteiger partial charge in [-0.15, -0.1) is 0 Å². The molecule has 98 valence electrons. The maximum absolute atomic E-state index is 12.2. The minimum atomic E-state index is -0.256. The number of aromatic amines is 1. The fourth-order valence-electron chi connectivity index (χ4n) is 2.34. The van der Waals surface area contributed by atoms with Crippen LogP contribution in [-0.4, -0.2) is 50.7 Å². The Morgan fingerprint density at radius 3 is 2.40 bits per heavy atom. The van der Waals surface area contributed by atoms with E-state index in [9.17, 15) is 9.90 Å². The number of carbonyl (C=O) groups is 1. The van der Waals surface area contributed by atoms with Crippen molar-refractivity contribution < 1.29 is 9.90 Å². The molecule has 0 unspecified atom stereocenters. The van der Waals surface area contributed by atoms with Crippen LogP contribution >= 0.6 is 0 Å². The van der Waals surface area contributed by atoms with Crippen molar-refractivity contribution in [3.63, 3.8) is 0 Å². The van der Waals surface area contributed by atoms with Gasteiger partial charge in [-0.1, -0.05) is 0 Å². The number of rotatable bonds is 2. The number of aromatic nitrogens is 1. The molecule has 4 heterocycles. The van der Waals surface area contributed by atoms with E-state index < -0.39 is 0 Å². The molecule has 0 bridgehead atoms. The van der Waals surface area contributed by atoms with E-state index in [2.05, 4.69) is 19.9 Å². The van der Waals surface area contributed by atoms with Crippen LogP contribution in [0.25, 0.3) is 10.1 Å². The van der Waals surface area contributed by atoms with Crippen molar-refractivity contribution in [1.82, 2.24) is 4.98 Å². The number of aliphatic imine (C=N–C) groups is 1. The first-order chi connectivity index (χ1) is 9.75. The van der Waals surface area contributed by atoms with Crippen LogP contribution in [0.15, 0.2) is 39.1 Å². The average molecular weight is 394 g/mol. The topological polar surface area (TPSA) is 65.4 Å². The zero-order valence-corrected chi connectivity index (χ0v) is 13.5. The standard InChI is InChI=1S/C14H8N2O2Se2/c17-13-9-10(12(16-13)8-4-2-6-20-8)14(18)15-11(9)7-3-1-5-19-7/h1-6,15,18H. The van der Waals surface area contributed by atoms with Gasteiger partial charge in [-0.25, -0.2) is 0 Å². The molecule has 1 amide bonds. The summed E-state index contributed by atoms with van der Waals surface area (Å²) in [6.45, 7) is 0. The number of H-pyrrole nitrogens is 1. The zero-order chi connectivity index (χ0) is 13.7. The average Bonchev–Trinajstić information content (AvgIpc) is 3.17. The van der Waals surface area contributed by atoms with Gasteiger partial charge in [0, 0.05) is 0 Å². The van der Waals surface area contributed by atoms with Crippen molar-refractivity contribution in [2.45, 2.75) is 0 Å². The van der Waals surface area contributed by atoms with E-state index in [1.54, 1.807) is 0 Å². The molecule has 3 aromatic heterocycles. The summed E-state index contributed by atoms with van der Waals surface area (Å²) in [5.74, 6) is -0.208. The number of nitrogens with one attached hydrogen (secondary N) is 1. The summed E-state index contributed by atoms with van der Waals surface area (Å²) < 4.78 is 2.11. The predicted molar refractivity (Wildman–Crippen MR) is 78.2 cm³/mol.